The Hall–Kier alpha value is -1.08. The first-order valence-electron chi connectivity index (χ1n) is 5.06. The van der Waals surface area contributed by atoms with Gasteiger partial charge >= 0.3 is 0 Å². The Morgan fingerprint density at radius 3 is 2.76 bits per heavy atom. The largest absolute Gasteiger partial charge is 0.481 e. The first-order valence-corrected chi connectivity index (χ1v) is 7.09. The van der Waals surface area contributed by atoms with Gasteiger partial charge in [-0.3, -0.25) is 4.72 Å². The van der Waals surface area contributed by atoms with Gasteiger partial charge in [0.15, 0.2) is 0 Å². The van der Waals surface area contributed by atoms with Crippen LogP contribution in [0.1, 0.15) is 19.8 Å². The third-order valence-corrected chi connectivity index (χ3v) is 3.41. The van der Waals surface area contributed by atoms with Crippen LogP contribution >= 0.6 is 11.6 Å². The molecule has 0 spiro atoms. The highest BCUT2D eigenvalue weighted by Crippen LogP contribution is 2.16. The van der Waals surface area contributed by atoms with Gasteiger partial charge < -0.3 is 4.74 Å². The molecule has 0 aromatic carbocycles. The van der Waals surface area contributed by atoms with Gasteiger partial charge in [0.2, 0.25) is 21.9 Å². The van der Waals surface area contributed by atoms with E-state index in [2.05, 4.69) is 14.7 Å². The van der Waals surface area contributed by atoms with E-state index in [-0.39, 0.29) is 22.7 Å². The van der Waals surface area contributed by atoms with Crippen molar-refractivity contribution in [2.45, 2.75) is 19.8 Å². The lowest BCUT2D eigenvalue weighted by molar-refractivity contribution is 0.397. The maximum Gasteiger partial charge on any atom is 0.241 e. The lowest BCUT2D eigenvalue weighted by Crippen LogP contribution is -2.18. The molecule has 1 heterocycles. The first kappa shape index (κ1) is 14.0. The fraction of sp³-hybridized carbons (Fsp3) is 0.556. The van der Waals surface area contributed by atoms with Crippen LogP contribution in [-0.4, -0.2) is 31.2 Å². The number of halogens is 1. The van der Waals surface area contributed by atoms with E-state index in [9.17, 15) is 8.42 Å². The van der Waals surface area contributed by atoms with E-state index in [0.29, 0.717) is 6.42 Å². The minimum atomic E-state index is -3.43. The SMILES string of the molecule is CCCCS(=O)(=O)Nc1nc(Cl)cc(OC)n1. The van der Waals surface area contributed by atoms with Gasteiger partial charge in [0.1, 0.15) is 5.15 Å². The Morgan fingerprint density at radius 2 is 2.18 bits per heavy atom. The summed E-state index contributed by atoms with van der Waals surface area (Å²) in [5.41, 5.74) is 0. The number of hydrogen-bond donors (Lipinski definition) is 1. The summed E-state index contributed by atoms with van der Waals surface area (Å²) in [6.45, 7) is 1.91. The highest BCUT2D eigenvalue weighted by atomic mass is 35.5. The zero-order valence-corrected chi connectivity index (χ0v) is 11.2. The Kier molecular flexibility index (Phi) is 4.95. The van der Waals surface area contributed by atoms with Crippen molar-refractivity contribution < 1.29 is 13.2 Å². The number of anilines is 1. The number of unbranched alkanes of at least 4 members (excludes halogenated alkanes) is 1. The van der Waals surface area contributed by atoms with E-state index in [1.54, 1.807) is 0 Å². The number of methoxy groups -OCH3 is 1. The van der Waals surface area contributed by atoms with Crippen molar-refractivity contribution in [1.82, 2.24) is 9.97 Å². The lowest BCUT2D eigenvalue weighted by atomic mass is 10.4. The molecular formula is C9H14ClN3O3S. The summed E-state index contributed by atoms with van der Waals surface area (Å²) in [4.78, 5) is 7.60. The summed E-state index contributed by atoms with van der Waals surface area (Å²) in [6, 6.07) is 1.39. The Morgan fingerprint density at radius 1 is 1.47 bits per heavy atom. The predicted octanol–water partition coefficient (Wildman–Crippen LogP) is 1.68. The monoisotopic (exact) mass is 279 g/mol. The Labute approximate surface area is 105 Å². The van der Waals surface area contributed by atoms with E-state index in [4.69, 9.17) is 16.3 Å². The summed E-state index contributed by atoms with van der Waals surface area (Å²) in [5, 5.41) is 0.116. The average molecular weight is 280 g/mol. The van der Waals surface area contributed by atoms with Gasteiger partial charge in [0.05, 0.1) is 12.9 Å². The number of ether oxygens (including phenoxy) is 1. The standard InChI is InChI=1S/C9H14ClN3O3S/c1-3-4-5-17(14,15)13-9-11-7(10)6-8(12-9)16-2/h6H,3-5H2,1-2H3,(H,11,12,13). The molecule has 0 saturated heterocycles. The van der Waals surface area contributed by atoms with Gasteiger partial charge in [-0.15, -0.1) is 0 Å². The van der Waals surface area contributed by atoms with E-state index < -0.39 is 10.0 Å². The number of sulfonamides is 1. The third-order valence-electron chi connectivity index (χ3n) is 1.89. The van der Waals surface area contributed by atoms with Gasteiger partial charge in [0, 0.05) is 6.07 Å². The molecule has 1 N–H and O–H groups in total. The number of rotatable bonds is 6. The van der Waals surface area contributed by atoms with Crippen LogP contribution in [0.4, 0.5) is 5.95 Å². The van der Waals surface area contributed by atoms with Gasteiger partial charge in [0.25, 0.3) is 0 Å². The van der Waals surface area contributed by atoms with Crippen molar-refractivity contribution in [3.63, 3.8) is 0 Å². The van der Waals surface area contributed by atoms with Crippen LogP contribution < -0.4 is 9.46 Å². The molecule has 0 atom stereocenters. The molecule has 6 nitrogen and oxygen atoms in total. The molecule has 1 aromatic rings. The Bertz CT molecular complexity index is 478. The third kappa shape index (κ3) is 4.74. The molecular weight excluding hydrogens is 266 g/mol. The summed E-state index contributed by atoms with van der Waals surface area (Å²) >= 11 is 5.70. The van der Waals surface area contributed by atoms with Crippen molar-refractivity contribution in [2.24, 2.45) is 0 Å². The summed E-state index contributed by atoms with van der Waals surface area (Å²) in [5.74, 6) is 0.158. The van der Waals surface area contributed by atoms with Gasteiger partial charge in [-0.25, -0.2) is 13.4 Å². The second-order valence-electron chi connectivity index (χ2n) is 3.33. The highest BCUT2D eigenvalue weighted by molar-refractivity contribution is 7.92. The molecule has 0 aliphatic heterocycles. The van der Waals surface area contributed by atoms with Gasteiger partial charge in [-0.2, -0.15) is 4.98 Å². The fourth-order valence-corrected chi connectivity index (χ4v) is 2.39. The zero-order valence-electron chi connectivity index (χ0n) is 9.60. The van der Waals surface area contributed by atoms with Crippen molar-refractivity contribution in [1.29, 1.82) is 0 Å². The topological polar surface area (TPSA) is 81.2 Å². The van der Waals surface area contributed by atoms with Crippen LogP contribution in [0, 0.1) is 0 Å². The van der Waals surface area contributed by atoms with Crippen LogP contribution in [0.5, 0.6) is 5.88 Å². The quantitative estimate of drug-likeness (QED) is 0.801. The maximum atomic E-state index is 11.6. The summed E-state index contributed by atoms with van der Waals surface area (Å²) in [6.07, 6.45) is 1.37. The van der Waals surface area contributed by atoms with E-state index in [1.165, 1.54) is 13.2 Å². The first-order chi connectivity index (χ1) is 7.96. The molecule has 0 aliphatic rings. The molecule has 0 radical (unpaired) electrons. The van der Waals surface area contributed by atoms with Gasteiger partial charge in [-0.1, -0.05) is 24.9 Å². The molecule has 0 unspecified atom stereocenters. The van der Waals surface area contributed by atoms with Crippen LogP contribution in [0.3, 0.4) is 0 Å². The van der Waals surface area contributed by atoms with Crippen LogP contribution in [0.15, 0.2) is 6.07 Å². The van der Waals surface area contributed by atoms with Crippen molar-refractivity contribution in [3.8, 4) is 5.88 Å². The molecule has 0 saturated carbocycles. The van der Waals surface area contributed by atoms with Crippen LogP contribution in [0.25, 0.3) is 0 Å². The molecule has 1 aromatic heterocycles. The molecule has 96 valence electrons. The van der Waals surface area contributed by atoms with E-state index >= 15 is 0 Å². The normalized spacial score (nSPS) is 11.2. The summed E-state index contributed by atoms with van der Waals surface area (Å²) in [7, 11) is -2.02. The minimum absolute atomic E-state index is 0.0295. The molecule has 8 heteroatoms. The number of nitrogens with one attached hydrogen (secondary N) is 1. The number of aromatic nitrogens is 2. The van der Waals surface area contributed by atoms with Crippen molar-refractivity contribution in [2.75, 3.05) is 17.6 Å². The molecule has 0 fully saturated rings. The smallest absolute Gasteiger partial charge is 0.241 e. The lowest BCUT2D eigenvalue weighted by Gasteiger charge is -2.07. The molecule has 1 rings (SSSR count). The van der Waals surface area contributed by atoms with Gasteiger partial charge in [-0.05, 0) is 6.42 Å². The molecule has 0 amide bonds. The maximum absolute atomic E-state index is 11.6. The number of hydrogen-bond acceptors (Lipinski definition) is 5. The van der Waals surface area contributed by atoms with Crippen LogP contribution in [-0.2, 0) is 10.0 Å². The predicted molar refractivity (Wildman–Crippen MR) is 65.9 cm³/mol. The fourth-order valence-electron chi connectivity index (χ4n) is 1.07. The zero-order chi connectivity index (χ0) is 12.9. The second kappa shape index (κ2) is 6.02. The molecule has 17 heavy (non-hydrogen) atoms. The average Bonchev–Trinajstić information content (AvgIpc) is 2.25. The number of nitrogens with zero attached hydrogens (tertiary/aromatic N) is 2. The molecule has 0 bridgehead atoms. The summed E-state index contributed by atoms with van der Waals surface area (Å²) < 4.78 is 30.3. The van der Waals surface area contributed by atoms with Crippen molar-refractivity contribution in [3.05, 3.63) is 11.2 Å². The van der Waals surface area contributed by atoms with Crippen LogP contribution in [0.2, 0.25) is 5.15 Å². The molecule has 0 aliphatic carbocycles. The van der Waals surface area contributed by atoms with E-state index in [0.717, 1.165) is 6.42 Å². The van der Waals surface area contributed by atoms with E-state index in [1.807, 2.05) is 6.92 Å². The van der Waals surface area contributed by atoms with Crippen molar-refractivity contribution >= 4 is 27.6 Å². The minimum Gasteiger partial charge on any atom is -0.481 e. The Balaban J connectivity index is 2.84. The highest BCUT2D eigenvalue weighted by Gasteiger charge is 2.13. The second-order valence-corrected chi connectivity index (χ2v) is 5.56.